The summed E-state index contributed by atoms with van der Waals surface area (Å²) in [6.45, 7) is 1.23. The van der Waals surface area contributed by atoms with Gasteiger partial charge in [-0.15, -0.1) is 0 Å². The molecule has 0 aliphatic heterocycles. The van der Waals surface area contributed by atoms with Crippen LogP contribution < -0.4 is 5.32 Å². The third-order valence-corrected chi connectivity index (χ3v) is 4.54. The highest BCUT2D eigenvalue weighted by Crippen LogP contribution is 2.38. The summed E-state index contributed by atoms with van der Waals surface area (Å²) < 4.78 is 2.08. The summed E-state index contributed by atoms with van der Waals surface area (Å²) in [5, 5.41) is 9.98. The summed E-state index contributed by atoms with van der Waals surface area (Å²) >= 11 is 0. The van der Waals surface area contributed by atoms with Crippen molar-refractivity contribution in [2.45, 2.75) is 38.3 Å². The van der Waals surface area contributed by atoms with Crippen molar-refractivity contribution < 1.29 is 4.79 Å². The Labute approximate surface area is 146 Å². The van der Waals surface area contributed by atoms with Crippen molar-refractivity contribution in [2.75, 3.05) is 0 Å². The third-order valence-electron chi connectivity index (χ3n) is 4.54. The predicted octanol–water partition coefficient (Wildman–Crippen LogP) is 2.66. The zero-order valence-electron chi connectivity index (χ0n) is 14.0. The normalized spacial score (nSPS) is 13.8. The van der Waals surface area contributed by atoms with Crippen molar-refractivity contribution in [2.24, 2.45) is 0 Å². The first kappa shape index (κ1) is 15.6. The molecule has 128 valence electrons. The molecular formula is C19H21N5O. The van der Waals surface area contributed by atoms with Crippen LogP contribution in [0.5, 0.6) is 0 Å². The molecule has 1 aliphatic carbocycles. The third kappa shape index (κ3) is 3.79. The van der Waals surface area contributed by atoms with Gasteiger partial charge in [-0.1, -0.05) is 30.3 Å². The Morgan fingerprint density at radius 3 is 2.92 bits per heavy atom. The van der Waals surface area contributed by atoms with Crippen molar-refractivity contribution >= 4 is 5.91 Å². The van der Waals surface area contributed by atoms with Crippen molar-refractivity contribution in [3.8, 4) is 0 Å². The molecule has 2 aromatic heterocycles. The highest BCUT2D eigenvalue weighted by Gasteiger charge is 2.26. The minimum Gasteiger partial charge on any atom is -0.343 e. The second-order valence-electron chi connectivity index (χ2n) is 6.44. The van der Waals surface area contributed by atoms with Crippen LogP contribution in [0.4, 0.5) is 0 Å². The molecule has 2 heterocycles. The number of aryl methyl sites for hydroxylation is 2. The average Bonchev–Trinajstić information content (AvgIpc) is 3.20. The maximum absolute atomic E-state index is 12.3. The van der Waals surface area contributed by atoms with E-state index in [1.54, 1.807) is 6.20 Å². The van der Waals surface area contributed by atoms with Crippen LogP contribution in [0.3, 0.4) is 0 Å². The van der Waals surface area contributed by atoms with Gasteiger partial charge in [-0.2, -0.15) is 5.10 Å². The predicted molar refractivity (Wildman–Crippen MR) is 94.1 cm³/mol. The maximum atomic E-state index is 12.3. The zero-order valence-corrected chi connectivity index (χ0v) is 14.0. The number of hydrogen-bond acceptors (Lipinski definition) is 3. The maximum Gasteiger partial charge on any atom is 0.272 e. The molecule has 1 aliphatic rings. The van der Waals surface area contributed by atoms with E-state index in [1.165, 1.54) is 18.4 Å². The number of carbonyl (C=O) groups is 1. The number of hydrogen-bond donors (Lipinski definition) is 2. The molecule has 25 heavy (non-hydrogen) atoms. The SMILES string of the molecule is O=C(NCc1nccn1CCc1ccccc1)c1cc(C2CC2)[nH]n1. The Kier molecular flexibility index (Phi) is 4.33. The number of benzene rings is 1. The standard InChI is InChI=1S/C19H21N5O/c25-19(17-12-16(22-23-17)15-6-7-15)21-13-18-20-9-11-24(18)10-8-14-4-2-1-3-5-14/h1-5,9,11-12,15H,6-8,10,13H2,(H,21,25)(H,22,23). The van der Waals surface area contributed by atoms with Crippen molar-refractivity contribution in [3.05, 3.63) is 71.6 Å². The van der Waals surface area contributed by atoms with E-state index in [0.29, 0.717) is 18.2 Å². The monoisotopic (exact) mass is 335 g/mol. The van der Waals surface area contributed by atoms with E-state index in [0.717, 1.165) is 24.5 Å². The first-order valence-electron chi connectivity index (χ1n) is 8.67. The Morgan fingerprint density at radius 1 is 1.28 bits per heavy atom. The topological polar surface area (TPSA) is 75.6 Å². The van der Waals surface area contributed by atoms with E-state index in [2.05, 4.69) is 37.2 Å². The van der Waals surface area contributed by atoms with Gasteiger partial charge in [-0.3, -0.25) is 9.89 Å². The summed E-state index contributed by atoms with van der Waals surface area (Å²) in [4.78, 5) is 16.6. The van der Waals surface area contributed by atoms with Crippen LogP contribution in [0.1, 0.15) is 46.3 Å². The highest BCUT2D eigenvalue weighted by atomic mass is 16.1. The van der Waals surface area contributed by atoms with Crippen LogP contribution in [-0.4, -0.2) is 25.7 Å². The fraction of sp³-hybridized carbons (Fsp3) is 0.316. The Balaban J connectivity index is 1.33. The number of amides is 1. The van der Waals surface area contributed by atoms with Crippen molar-refractivity contribution in [1.82, 2.24) is 25.1 Å². The molecule has 1 amide bonds. The first-order chi connectivity index (χ1) is 12.3. The van der Waals surface area contributed by atoms with Gasteiger partial charge in [0.2, 0.25) is 0 Å². The lowest BCUT2D eigenvalue weighted by Crippen LogP contribution is -2.25. The van der Waals surface area contributed by atoms with E-state index in [9.17, 15) is 4.79 Å². The summed E-state index contributed by atoms with van der Waals surface area (Å²) in [6, 6.07) is 12.2. The second-order valence-corrected chi connectivity index (χ2v) is 6.44. The van der Waals surface area contributed by atoms with Crippen LogP contribution in [0.2, 0.25) is 0 Å². The number of H-pyrrole nitrogens is 1. The molecule has 1 saturated carbocycles. The highest BCUT2D eigenvalue weighted by molar-refractivity contribution is 5.92. The summed E-state index contributed by atoms with van der Waals surface area (Å²) in [7, 11) is 0. The second kappa shape index (κ2) is 6.93. The minimum absolute atomic E-state index is 0.166. The Morgan fingerprint density at radius 2 is 2.12 bits per heavy atom. The molecule has 2 N–H and O–H groups in total. The Bertz CT molecular complexity index is 848. The lowest BCUT2D eigenvalue weighted by atomic mass is 10.1. The van der Waals surface area contributed by atoms with Gasteiger partial charge in [0.1, 0.15) is 11.5 Å². The lowest BCUT2D eigenvalue weighted by Gasteiger charge is -2.08. The molecule has 4 rings (SSSR count). The number of imidazole rings is 1. The van der Waals surface area contributed by atoms with E-state index in [1.807, 2.05) is 30.5 Å². The van der Waals surface area contributed by atoms with Crippen molar-refractivity contribution in [3.63, 3.8) is 0 Å². The quantitative estimate of drug-likeness (QED) is 0.697. The number of aromatic amines is 1. The zero-order chi connectivity index (χ0) is 17.1. The smallest absolute Gasteiger partial charge is 0.272 e. The van der Waals surface area contributed by atoms with Crippen LogP contribution in [0.25, 0.3) is 0 Å². The first-order valence-corrected chi connectivity index (χ1v) is 8.67. The molecule has 0 saturated heterocycles. The summed E-state index contributed by atoms with van der Waals surface area (Å²) in [6.07, 6.45) is 7.02. The molecule has 1 aromatic carbocycles. The van der Waals surface area contributed by atoms with Gasteiger partial charge in [0.05, 0.1) is 6.54 Å². The number of rotatable bonds is 7. The Hall–Kier alpha value is -2.89. The van der Waals surface area contributed by atoms with Gasteiger partial charge in [-0.05, 0) is 30.9 Å². The molecule has 0 unspecified atom stereocenters. The molecule has 6 heteroatoms. The lowest BCUT2D eigenvalue weighted by molar-refractivity contribution is 0.0944. The molecule has 0 spiro atoms. The van der Waals surface area contributed by atoms with Gasteiger partial charge in [0.15, 0.2) is 0 Å². The van der Waals surface area contributed by atoms with E-state index < -0.39 is 0 Å². The molecule has 0 radical (unpaired) electrons. The molecule has 1 fully saturated rings. The number of aromatic nitrogens is 4. The van der Waals surface area contributed by atoms with E-state index in [4.69, 9.17) is 0 Å². The molecule has 0 atom stereocenters. The van der Waals surface area contributed by atoms with Gasteiger partial charge >= 0.3 is 0 Å². The molecule has 3 aromatic rings. The largest absolute Gasteiger partial charge is 0.343 e. The molecule has 6 nitrogen and oxygen atoms in total. The van der Waals surface area contributed by atoms with Gasteiger partial charge in [0, 0.05) is 30.6 Å². The van der Waals surface area contributed by atoms with Crippen LogP contribution in [-0.2, 0) is 19.5 Å². The summed E-state index contributed by atoms with van der Waals surface area (Å²) in [5.41, 5.74) is 2.80. The summed E-state index contributed by atoms with van der Waals surface area (Å²) in [5.74, 6) is 1.24. The number of nitrogens with zero attached hydrogens (tertiary/aromatic N) is 3. The van der Waals surface area contributed by atoms with Crippen LogP contribution in [0, 0.1) is 0 Å². The fourth-order valence-corrected chi connectivity index (χ4v) is 2.91. The van der Waals surface area contributed by atoms with Gasteiger partial charge in [-0.25, -0.2) is 4.98 Å². The molecular weight excluding hydrogens is 314 g/mol. The van der Waals surface area contributed by atoms with Crippen LogP contribution >= 0.6 is 0 Å². The van der Waals surface area contributed by atoms with E-state index >= 15 is 0 Å². The number of nitrogens with one attached hydrogen (secondary N) is 2. The minimum atomic E-state index is -0.166. The average molecular weight is 335 g/mol. The van der Waals surface area contributed by atoms with Crippen molar-refractivity contribution in [1.29, 1.82) is 0 Å². The van der Waals surface area contributed by atoms with E-state index in [-0.39, 0.29) is 5.91 Å². The number of carbonyl (C=O) groups excluding carboxylic acids is 1. The fourth-order valence-electron chi connectivity index (χ4n) is 2.91. The molecule has 0 bridgehead atoms. The van der Waals surface area contributed by atoms with Gasteiger partial charge in [0.25, 0.3) is 5.91 Å². The van der Waals surface area contributed by atoms with Gasteiger partial charge < -0.3 is 9.88 Å². The van der Waals surface area contributed by atoms with Crippen LogP contribution in [0.15, 0.2) is 48.8 Å².